The van der Waals surface area contributed by atoms with Crippen molar-refractivity contribution < 1.29 is 19.8 Å². The minimum absolute atomic E-state index is 0.0414. The predicted octanol–water partition coefficient (Wildman–Crippen LogP) is 1.03. The van der Waals surface area contributed by atoms with Crippen LogP contribution in [0.25, 0.3) is 0 Å². The fourth-order valence-electron chi connectivity index (χ4n) is 2.27. The molecule has 0 aromatic carbocycles. The van der Waals surface area contributed by atoms with E-state index in [4.69, 9.17) is 10.2 Å². The Hall–Kier alpha value is -2.05. The van der Waals surface area contributed by atoms with Gasteiger partial charge in [-0.25, -0.2) is 9.59 Å². The molecule has 0 unspecified atom stereocenters. The van der Waals surface area contributed by atoms with Gasteiger partial charge in [0.1, 0.15) is 0 Å². The first kappa shape index (κ1) is 12.4. The molecule has 7 nitrogen and oxygen atoms in total. The molecule has 0 radical (unpaired) electrons. The minimum Gasteiger partial charge on any atom is -0.476 e. The number of fused-ring (bicyclic) bond motifs is 1. The Balaban J connectivity index is 2.45. The van der Waals surface area contributed by atoms with E-state index in [1.807, 2.05) is 6.92 Å². The molecule has 1 aromatic heterocycles. The Labute approximate surface area is 104 Å². The summed E-state index contributed by atoms with van der Waals surface area (Å²) in [5, 5.41) is 22.2. The lowest BCUT2D eigenvalue weighted by molar-refractivity contribution is 0.0688. The summed E-state index contributed by atoms with van der Waals surface area (Å²) in [4.78, 5) is 23.4. The first-order valence-corrected chi connectivity index (χ1v) is 5.84. The first-order valence-electron chi connectivity index (χ1n) is 5.84. The van der Waals surface area contributed by atoms with E-state index in [0.29, 0.717) is 37.2 Å². The quantitative estimate of drug-likeness (QED) is 0.820. The van der Waals surface area contributed by atoms with Crippen molar-refractivity contribution >= 4 is 12.1 Å². The van der Waals surface area contributed by atoms with Crippen molar-refractivity contribution in [3.63, 3.8) is 0 Å². The minimum atomic E-state index is -1.06. The molecule has 0 bridgehead atoms. The molecule has 1 aliphatic rings. The molecule has 7 heteroatoms. The molecule has 1 aromatic rings. The Morgan fingerprint density at radius 3 is 2.61 bits per heavy atom. The normalized spacial score (nSPS) is 15.1. The molecule has 0 spiro atoms. The maximum atomic E-state index is 11.1. The Morgan fingerprint density at radius 1 is 1.33 bits per heavy atom. The molecule has 98 valence electrons. The number of hydrogen-bond acceptors (Lipinski definition) is 3. The Bertz CT molecular complexity index is 495. The number of nitrogens with zero attached hydrogens (tertiary/aromatic N) is 3. The summed E-state index contributed by atoms with van der Waals surface area (Å²) in [7, 11) is 0. The Kier molecular flexibility index (Phi) is 3.22. The van der Waals surface area contributed by atoms with Gasteiger partial charge in [-0.15, -0.1) is 0 Å². The molecular formula is C11H15N3O4. The van der Waals surface area contributed by atoms with E-state index in [2.05, 4.69) is 5.10 Å². The second-order valence-corrected chi connectivity index (χ2v) is 4.21. The second kappa shape index (κ2) is 4.67. The van der Waals surface area contributed by atoms with E-state index in [-0.39, 0.29) is 12.2 Å². The molecule has 0 fully saturated rings. The molecule has 2 heterocycles. The molecule has 0 saturated carbocycles. The number of amides is 1. The van der Waals surface area contributed by atoms with Gasteiger partial charge in [-0.05, 0) is 12.8 Å². The molecule has 2 N–H and O–H groups in total. The molecule has 0 atom stereocenters. The molecular weight excluding hydrogens is 238 g/mol. The molecule has 1 amide bonds. The highest BCUT2D eigenvalue weighted by Crippen LogP contribution is 2.21. The largest absolute Gasteiger partial charge is 0.476 e. The number of aryl methyl sites for hydroxylation is 1. The molecule has 0 aliphatic carbocycles. The van der Waals surface area contributed by atoms with E-state index < -0.39 is 12.1 Å². The number of hydrogen-bond donors (Lipinski definition) is 2. The van der Waals surface area contributed by atoms with Crippen molar-refractivity contribution in [3.05, 3.63) is 17.0 Å². The van der Waals surface area contributed by atoms with Gasteiger partial charge in [0.2, 0.25) is 0 Å². The summed E-state index contributed by atoms with van der Waals surface area (Å²) >= 11 is 0. The van der Waals surface area contributed by atoms with Gasteiger partial charge in [0, 0.05) is 18.7 Å². The van der Waals surface area contributed by atoms with Gasteiger partial charge in [-0.2, -0.15) is 5.10 Å². The van der Waals surface area contributed by atoms with Crippen LogP contribution in [0.1, 0.15) is 35.1 Å². The number of aromatic nitrogens is 2. The third-order valence-corrected chi connectivity index (χ3v) is 3.13. The lowest BCUT2D eigenvalue weighted by Gasteiger charge is -2.16. The summed E-state index contributed by atoms with van der Waals surface area (Å²) < 4.78 is 1.63. The first-order chi connectivity index (χ1) is 8.54. The zero-order chi connectivity index (χ0) is 13.3. The van der Waals surface area contributed by atoms with E-state index >= 15 is 0 Å². The van der Waals surface area contributed by atoms with Crippen molar-refractivity contribution in [2.45, 2.75) is 32.9 Å². The van der Waals surface area contributed by atoms with Crippen molar-refractivity contribution in [1.82, 2.24) is 14.7 Å². The van der Waals surface area contributed by atoms with Crippen LogP contribution in [0.15, 0.2) is 0 Å². The molecule has 1 aliphatic heterocycles. The van der Waals surface area contributed by atoms with E-state index in [9.17, 15) is 9.59 Å². The van der Waals surface area contributed by atoms with Crippen LogP contribution in [0.2, 0.25) is 0 Å². The summed E-state index contributed by atoms with van der Waals surface area (Å²) in [6.07, 6.45) is 0.191. The fourth-order valence-corrected chi connectivity index (χ4v) is 2.27. The summed E-state index contributed by atoms with van der Waals surface area (Å²) in [5.41, 5.74) is 1.38. The van der Waals surface area contributed by atoms with E-state index in [0.717, 1.165) is 0 Å². The van der Waals surface area contributed by atoms with Crippen molar-refractivity contribution in [3.8, 4) is 0 Å². The van der Waals surface area contributed by atoms with Gasteiger partial charge in [0.25, 0.3) is 0 Å². The maximum Gasteiger partial charge on any atom is 0.407 e. The van der Waals surface area contributed by atoms with Crippen LogP contribution in [-0.2, 0) is 19.5 Å². The van der Waals surface area contributed by atoms with Crippen molar-refractivity contribution in [1.29, 1.82) is 0 Å². The number of carboxylic acid groups (broad SMARTS) is 2. The number of carbonyl (C=O) groups is 2. The smallest absolute Gasteiger partial charge is 0.407 e. The average Bonchev–Trinajstić information content (AvgIpc) is 2.52. The van der Waals surface area contributed by atoms with Crippen LogP contribution in [0.3, 0.4) is 0 Å². The SMILES string of the molecule is CCc1c(C(=O)O)nn2c1CN(C(=O)O)CCC2. The number of carboxylic acids is 1. The van der Waals surface area contributed by atoms with Gasteiger partial charge < -0.3 is 15.1 Å². The Morgan fingerprint density at radius 2 is 2.06 bits per heavy atom. The third kappa shape index (κ3) is 2.03. The summed E-state index contributed by atoms with van der Waals surface area (Å²) in [5.74, 6) is -1.06. The maximum absolute atomic E-state index is 11.1. The van der Waals surface area contributed by atoms with Crippen LogP contribution >= 0.6 is 0 Å². The van der Waals surface area contributed by atoms with Gasteiger partial charge in [0.05, 0.1) is 12.2 Å². The van der Waals surface area contributed by atoms with Gasteiger partial charge in [-0.1, -0.05) is 6.92 Å². The third-order valence-electron chi connectivity index (χ3n) is 3.13. The summed E-state index contributed by atoms with van der Waals surface area (Å²) in [6, 6.07) is 0. The van der Waals surface area contributed by atoms with Crippen LogP contribution in [0, 0.1) is 0 Å². The zero-order valence-corrected chi connectivity index (χ0v) is 10.1. The predicted molar refractivity (Wildman–Crippen MR) is 61.6 cm³/mol. The van der Waals surface area contributed by atoms with Gasteiger partial charge in [-0.3, -0.25) is 4.68 Å². The lowest BCUT2D eigenvalue weighted by atomic mass is 10.1. The molecule has 0 saturated heterocycles. The van der Waals surface area contributed by atoms with E-state index in [1.54, 1.807) is 4.68 Å². The zero-order valence-electron chi connectivity index (χ0n) is 10.1. The van der Waals surface area contributed by atoms with Gasteiger partial charge in [0.15, 0.2) is 5.69 Å². The lowest BCUT2D eigenvalue weighted by Crippen LogP contribution is -2.29. The topological polar surface area (TPSA) is 95.7 Å². The standard InChI is InChI=1S/C11H15N3O4/c1-2-7-8-6-13(11(17)18)4-3-5-14(8)12-9(7)10(15)16/h2-6H2,1H3,(H,15,16)(H,17,18). The second-order valence-electron chi connectivity index (χ2n) is 4.21. The monoisotopic (exact) mass is 253 g/mol. The number of aromatic carboxylic acids is 1. The molecule has 18 heavy (non-hydrogen) atoms. The van der Waals surface area contributed by atoms with Crippen LogP contribution in [0.4, 0.5) is 4.79 Å². The van der Waals surface area contributed by atoms with E-state index in [1.165, 1.54) is 4.90 Å². The molecule has 2 rings (SSSR count). The van der Waals surface area contributed by atoms with Crippen LogP contribution in [0.5, 0.6) is 0 Å². The van der Waals surface area contributed by atoms with Crippen LogP contribution < -0.4 is 0 Å². The average molecular weight is 253 g/mol. The highest BCUT2D eigenvalue weighted by atomic mass is 16.4. The number of rotatable bonds is 2. The summed E-state index contributed by atoms with van der Waals surface area (Å²) in [6.45, 7) is 3.06. The van der Waals surface area contributed by atoms with Crippen molar-refractivity contribution in [2.75, 3.05) is 6.54 Å². The van der Waals surface area contributed by atoms with Crippen molar-refractivity contribution in [2.24, 2.45) is 0 Å². The van der Waals surface area contributed by atoms with Gasteiger partial charge >= 0.3 is 12.1 Å². The highest BCUT2D eigenvalue weighted by Gasteiger charge is 2.26. The highest BCUT2D eigenvalue weighted by molar-refractivity contribution is 5.87. The fraction of sp³-hybridized carbons (Fsp3) is 0.545. The van der Waals surface area contributed by atoms with Crippen LogP contribution in [-0.4, -0.2) is 43.5 Å².